The fourth-order valence-electron chi connectivity index (χ4n) is 1.11. The van der Waals surface area contributed by atoms with E-state index in [4.69, 9.17) is 5.11 Å². The van der Waals surface area contributed by atoms with Gasteiger partial charge in [-0.05, 0) is 12.5 Å². The van der Waals surface area contributed by atoms with Crippen LogP contribution in [0.2, 0.25) is 0 Å². The Balaban J connectivity index is 2.32. The fraction of sp³-hybridized carbons (Fsp3) is 0.417. The van der Waals surface area contributed by atoms with Crippen LogP contribution >= 0.6 is 11.8 Å². The van der Waals surface area contributed by atoms with Gasteiger partial charge in [-0.25, -0.2) is 0 Å². The van der Waals surface area contributed by atoms with Crippen molar-refractivity contribution in [3.63, 3.8) is 0 Å². The molecule has 0 fully saturated rings. The third-order valence-corrected chi connectivity index (χ3v) is 3.45. The van der Waals surface area contributed by atoms with E-state index in [1.807, 2.05) is 0 Å². The number of benzene rings is 1. The molecule has 0 heterocycles. The SMILES string of the molecule is Cc1ccc(CSCC(C)C(=O)O)cc1. The minimum atomic E-state index is -0.716. The molecule has 0 saturated carbocycles. The topological polar surface area (TPSA) is 37.3 Å². The lowest BCUT2D eigenvalue weighted by Gasteiger charge is -2.05. The quantitative estimate of drug-likeness (QED) is 0.835. The summed E-state index contributed by atoms with van der Waals surface area (Å²) >= 11 is 1.67. The van der Waals surface area contributed by atoms with Crippen molar-refractivity contribution >= 4 is 17.7 Å². The molecular formula is C12H16O2S. The van der Waals surface area contributed by atoms with E-state index in [-0.39, 0.29) is 5.92 Å². The Morgan fingerprint density at radius 1 is 1.40 bits per heavy atom. The van der Waals surface area contributed by atoms with Crippen molar-refractivity contribution < 1.29 is 9.90 Å². The molecule has 0 saturated heterocycles. The second-order valence-electron chi connectivity index (χ2n) is 3.74. The van der Waals surface area contributed by atoms with Crippen LogP contribution in [0.25, 0.3) is 0 Å². The summed E-state index contributed by atoms with van der Waals surface area (Å²) < 4.78 is 0. The fourth-order valence-corrected chi connectivity index (χ4v) is 2.15. The van der Waals surface area contributed by atoms with Crippen molar-refractivity contribution in [3.05, 3.63) is 35.4 Å². The van der Waals surface area contributed by atoms with Crippen molar-refractivity contribution in [2.45, 2.75) is 19.6 Å². The van der Waals surface area contributed by atoms with Crippen LogP contribution < -0.4 is 0 Å². The highest BCUT2D eigenvalue weighted by Crippen LogP contribution is 2.16. The van der Waals surface area contributed by atoms with Gasteiger partial charge in [-0.15, -0.1) is 0 Å². The van der Waals surface area contributed by atoms with E-state index < -0.39 is 5.97 Å². The van der Waals surface area contributed by atoms with E-state index >= 15 is 0 Å². The molecule has 1 atom stereocenters. The van der Waals surface area contributed by atoms with E-state index in [0.717, 1.165) is 5.75 Å². The standard InChI is InChI=1S/C12H16O2S/c1-9-3-5-11(6-4-9)8-15-7-10(2)12(13)14/h3-6,10H,7-8H2,1-2H3,(H,13,14). The highest BCUT2D eigenvalue weighted by Gasteiger charge is 2.09. The zero-order chi connectivity index (χ0) is 11.3. The summed E-state index contributed by atoms with van der Waals surface area (Å²) in [7, 11) is 0. The Hall–Kier alpha value is -0.960. The van der Waals surface area contributed by atoms with Gasteiger partial charge < -0.3 is 5.11 Å². The van der Waals surface area contributed by atoms with Gasteiger partial charge in [0.1, 0.15) is 0 Å². The second-order valence-corrected chi connectivity index (χ2v) is 4.77. The van der Waals surface area contributed by atoms with E-state index in [0.29, 0.717) is 5.75 Å². The predicted octanol–water partition coefficient (Wildman–Crippen LogP) is 2.95. The lowest BCUT2D eigenvalue weighted by Crippen LogP contribution is -2.11. The van der Waals surface area contributed by atoms with E-state index in [1.54, 1.807) is 18.7 Å². The lowest BCUT2D eigenvalue weighted by atomic mass is 10.2. The zero-order valence-corrected chi connectivity index (χ0v) is 9.88. The number of carbonyl (C=O) groups is 1. The molecule has 15 heavy (non-hydrogen) atoms. The predicted molar refractivity (Wildman–Crippen MR) is 64.1 cm³/mol. The lowest BCUT2D eigenvalue weighted by molar-refractivity contribution is -0.140. The Kier molecular flexibility index (Phi) is 4.69. The normalized spacial score (nSPS) is 12.4. The molecule has 82 valence electrons. The van der Waals surface area contributed by atoms with Crippen LogP contribution in [0.4, 0.5) is 0 Å². The molecule has 0 amide bonds. The van der Waals surface area contributed by atoms with Crippen molar-refractivity contribution in [2.75, 3.05) is 5.75 Å². The van der Waals surface area contributed by atoms with Crippen molar-refractivity contribution in [1.82, 2.24) is 0 Å². The number of carboxylic acid groups (broad SMARTS) is 1. The second kappa shape index (κ2) is 5.81. The highest BCUT2D eigenvalue weighted by molar-refractivity contribution is 7.98. The van der Waals surface area contributed by atoms with Crippen LogP contribution in [0.15, 0.2) is 24.3 Å². The monoisotopic (exact) mass is 224 g/mol. The number of carboxylic acids is 1. The number of aryl methyl sites for hydroxylation is 1. The Labute approximate surface area is 94.7 Å². The molecule has 1 rings (SSSR count). The molecule has 1 aromatic rings. The third-order valence-electron chi connectivity index (χ3n) is 2.18. The van der Waals surface area contributed by atoms with E-state index in [1.165, 1.54) is 11.1 Å². The summed E-state index contributed by atoms with van der Waals surface area (Å²) in [4.78, 5) is 10.6. The summed E-state index contributed by atoms with van der Waals surface area (Å²) in [5.74, 6) is 0.577. The summed E-state index contributed by atoms with van der Waals surface area (Å²) in [6.07, 6.45) is 0. The molecule has 1 unspecified atom stereocenters. The van der Waals surface area contributed by atoms with Gasteiger partial charge in [-0.1, -0.05) is 36.8 Å². The smallest absolute Gasteiger partial charge is 0.307 e. The van der Waals surface area contributed by atoms with Gasteiger partial charge in [0.15, 0.2) is 0 Å². The molecule has 1 N–H and O–H groups in total. The largest absolute Gasteiger partial charge is 0.481 e. The highest BCUT2D eigenvalue weighted by atomic mass is 32.2. The van der Waals surface area contributed by atoms with Gasteiger partial charge in [0.25, 0.3) is 0 Å². The number of rotatable bonds is 5. The first kappa shape index (κ1) is 12.1. The van der Waals surface area contributed by atoms with Gasteiger partial charge in [-0.3, -0.25) is 4.79 Å². The van der Waals surface area contributed by atoms with E-state index in [9.17, 15) is 4.79 Å². The number of hydrogen-bond acceptors (Lipinski definition) is 2. The molecule has 2 nitrogen and oxygen atoms in total. The average Bonchev–Trinajstić information content (AvgIpc) is 2.20. The molecule has 0 aliphatic rings. The first-order valence-electron chi connectivity index (χ1n) is 4.95. The number of hydrogen-bond donors (Lipinski definition) is 1. The Morgan fingerprint density at radius 3 is 2.53 bits per heavy atom. The van der Waals surface area contributed by atoms with Crippen LogP contribution in [0.1, 0.15) is 18.1 Å². The zero-order valence-electron chi connectivity index (χ0n) is 9.06. The molecular weight excluding hydrogens is 208 g/mol. The van der Waals surface area contributed by atoms with Crippen molar-refractivity contribution in [3.8, 4) is 0 Å². The number of thioether (sulfide) groups is 1. The van der Waals surface area contributed by atoms with Gasteiger partial charge in [0.2, 0.25) is 0 Å². The molecule has 0 radical (unpaired) electrons. The molecule has 1 aromatic carbocycles. The first-order valence-corrected chi connectivity index (χ1v) is 6.11. The maximum atomic E-state index is 10.6. The molecule has 0 aliphatic heterocycles. The van der Waals surface area contributed by atoms with Crippen molar-refractivity contribution in [1.29, 1.82) is 0 Å². The van der Waals surface area contributed by atoms with Crippen LogP contribution in [0, 0.1) is 12.8 Å². The van der Waals surface area contributed by atoms with Crippen LogP contribution in [0.3, 0.4) is 0 Å². The maximum absolute atomic E-state index is 10.6. The third kappa shape index (κ3) is 4.38. The number of aliphatic carboxylic acids is 1. The van der Waals surface area contributed by atoms with Crippen LogP contribution in [-0.4, -0.2) is 16.8 Å². The van der Waals surface area contributed by atoms with Crippen LogP contribution in [-0.2, 0) is 10.5 Å². The molecule has 3 heteroatoms. The maximum Gasteiger partial charge on any atom is 0.307 e. The van der Waals surface area contributed by atoms with Gasteiger partial charge >= 0.3 is 5.97 Å². The first-order chi connectivity index (χ1) is 7.09. The summed E-state index contributed by atoms with van der Waals surface area (Å²) in [6, 6.07) is 8.34. The van der Waals surface area contributed by atoms with Crippen molar-refractivity contribution in [2.24, 2.45) is 5.92 Å². The minimum absolute atomic E-state index is 0.263. The Morgan fingerprint density at radius 2 is 2.00 bits per heavy atom. The summed E-state index contributed by atoms with van der Waals surface area (Å²) in [5.41, 5.74) is 2.51. The minimum Gasteiger partial charge on any atom is -0.481 e. The van der Waals surface area contributed by atoms with E-state index in [2.05, 4.69) is 31.2 Å². The molecule has 0 aromatic heterocycles. The van der Waals surface area contributed by atoms with Gasteiger partial charge in [-0.2, -0.15) is 11.8 Å². The molecule has 0 aliphatic carbocycles. The molecule has 0 spiro atoms. The van der Waals surface area contributed by atoms with Gasteiger partial charge in [0, 0.05) is 11.5 Å². The van der Waals surface area contributed by atoms with Crippen LogP contribution in [0.5, 0.6) is 0 Å². The van der Waals surface area contributed by atoms with Gasteiger partial charge in [0.05, 0.1) is 5.92 Å². The summed E-state index contributed by atoms with van der Waals surface area (Å²) in [6.45, 7) is 3.80. The summed E-state index contributed by atoms with van der Waals surface area (Å²) in [5, 5.41) is 8.70. The molecule has 0 bridgehead atoms. The Bertz CT molecular complexity index is 319. The average molecular weight is 224 g/mol.